The molecule has 7 amide bonds. The molecule has 0 spiro atoms. The topological polar surface area (TPSA) is 292 Å². The Labute approximate surface area is 519 Å². The van der Waals surface area contributed by atoms with Gasteiger partial charge in [0.05, 0.1) is 29.2 Å². The van der Waals surface area contributed by atoms with Gasteiger partial charge in [0, 0.05) is 107 Å². The van der Waals surface area contributed by atoms with Gasteiger partial charge in [-0.05, 0) is 85.0 Å². The molecule has 3 aromatic rings. The zero-order valence-corrected chi connectivity index (χ0v) is 54.4. The zero-order chi connectivity index (χ0) is 64.7. The highest BCUT2D eigenvalue weighted by molar-refractivity contribution is 7.09. The summed E-state index contributed by atoms with van der Waals surface area (Å²) in [5.41, 5.74) is 7.32. The minimum atomic E-state index is -0.925. The third-order valence-corrected chi connectivity index (χ3v) is 18.1. The van der Waals surface area contributed by atoms with Crippen LogP contribution >= 0.6 is 11.3 Å². The largest absolute Gasteiger partial charge is 0.445 e. The smallest absolute Gasteiger partial charge is 0.410 e. The van der Waals surface area contributed by atoms with E-state index in [0.717, 1.165) is 23.4 Å². The number of benzene rings is 2. The van der Waals surface area contributed by atoms with E-state index < -0.39 is 66.5 Å². The minimum absolute atomic E-state index is 0.00182. The highest BCUT2D eigenvalue weighted by Gasteiger charge is 2.43. The Balaban J connectivity index is 1.40. The molecule has 7 N–H and O–H groups in total. The molecule has 22 heteroatoms. The summed E-state index contributed by atoms with van der Waals surface area (Å²) in [6, 6.07) is 13.5. The van der Waals surface area contributed by atoms with Crippen LogP contribution in [0.3, 0.4) is 0 Å². The molecule has 1 aliphatic heterocycles. The molecule has 0 radical (unpaired) electrons. The van der Waals surface area contributed by atoms with E-state index in [1.54, 1.807) is 74.7 Å². The Morgan fingerprint density at radius 1 is 0.793 bits per heavy atom. The fourth-order valence-electron chi connectivity index (χ4n) is 12.3. The Bertz CT molecular complexity index is 2690. The van der Waals surface area contributed by atoms with Crippen LogP contribution in [0.5, 0.6) is 0 Å². The number of ketones is 3. The number of ether oxygens (including phenoxy) is 2. The highest BCUT2D eigenvalue weighted by atomic mass is 32.1. The number of Topliss-reactive ketones (excluding diaryl/α,β-unsaturated/α-hetero) is 3. The maximum atomic E-state index is 14.8. The van der Waals surface area contributed by atoms with Crippen molar-refractivity contribution in [3.05, 3.63) is 82.3 Å². The van der Waals surface area contributed by atoms with Gasteiger partial charge in [0.2, 0.25) is 23.6 Å². The van der Waals surface area contributed by atoms with E-state index in [0.29, 0.717) is 43.5 Å². The van der Waals surface area contributed by atoms with Gasteiger partial charge in [-0.25, -0.2) is 20.5 Å². The van der Waals surface area contributed by atoms with E-state index in [1.165, 1.54) is 11.9 Å². The first kappa shape index (κ1) is 72.9. The number of nitrogens with two attached hydrogens (primary N) is 2. The number of amides is 7. The van der Waals surface area contributed by atoms with E-state index in [-0.39, 0.29) is 116 Å². The molecule has 21 nitrogen and oxygen atoms in total. The van der Waals surface area contributed by atoms with Crippen molar-refractivity contribution in [2.45, 2.75) is 176 Å². The number of carbonyl (C=O) groups excluding carboxylic acids is 9. The van der Waals surface area contributed by atoms with E-state index in [1.807, 2.05) is 70.0 Å². The monoisotopic (exact) mass is 1230 g/mol. The van der Waals surface area contributed by atoms with Gasteiger partial charge in [0.15, 0.2) is 11.6 Å². The van der Waals surface area contributed by atoms with Gasteiger partial charge in [-0.1, -0.05) is 118 Å². The number of methoxy groups -OCH3 is 1. The predicted octanol–water partition coefficient (Wildman–Crippen LogP) is 8.49. The summed E-state index contributed by atoms with van der Waals surface area (Å²) in [6.07, 6.45) is 4.07. The number of aromatic nitrogens is 1. The number of carbonyl (C=O) groups is 9. The second-order valence-corrected chi connectivity index (χ2v) is 25.6. The van der Waals surface area contributed by atoms with E-state index in [9.17, 15) is 43.2 Å². The average molecular weight is 1230 g/mol. The molecule has 1 fully saturated rings. The number of likely N-dealkylation sites (tertiary alicyclic amines) is 1. The van der Waals surface area contributed by atoms with Crippen LogP contribution in [0.15, 0.2) is 66.2 Å². The van der Waals surface area contributed by atoms with Crippen molar-refractivity contribution in [3.63, 3.8) is 0 Å². The van der Waals surface area contributed by atoms with Crippen molar-refractivity contribution in [1.29, 1.82) is 0 Å². The lowest BCUT2D eigenvalue weighted by atomic mass is 9.82. The number of nitrogens with one attached hydrogen (secondary N) is 3. The Morgan fingerprint density at radius 3 is 2.05 bits per heavy atom. The third-order valence-electron chi connectivity index (χ3n) is 17.1. The summed E-state index contributed by atoms with van der Waals surface area (Å²) in [6.45, 7) is 19.1. The number of hydrogen-bond acceptors (Lipinski definition) is 15. The molecular formula is C65H99N9O12S. The van der Waals surface area contributed by atoms with Crippen molar-refractivity contribution in [1.82, 2.24) is 30.3 Å². The number of likely N-dealkylation sites (N-methyl/N-ethyl adjacent to an activating group) is 1. The normalized spacial score (nSPS) is 16.8. The van der Waals surface area contributed by atoms with Crippen molar-refractivity contribution in [2.75, 3.05) is 46.2 Å². The van der Waals surface area contributed by atoms with E-state index in [2.05, 4.69) is 51.8 Å². The minimum Gasteiger partial charge on any atom is -0.445 e. The van der Waals surface area contributed by atoms with Crippen LogP contribution in [0.2, 0.25) is 0 Å². The molecule has 11 atom stereocenters. The lowest BCUT2D eigenvalue weighted by molar-refractivity contribution is -0.145. The van der Waals surface area contributed by atoms with Crippen molar-refractivity contribution < 1.29 is 57.5 Å². The van der Waals surface area contributed by atoms with E-state index >= 15 is 0 Å². The summed E-state index contributed by atoms with van der Waals surface area (Å²) >= 11 is 1.55. The molecule has 0 bridgehead atoms. The van der Waals surface area contributed by atoms with Crippen LogP contribution < -0.4 is 27.6 Å². The number of thiazole rings is 1. The average Bonchev–Trinajstić information content (AvgIpc) is 3.71. The summed E-state index contributed by atoms with van der Waals surface area (Å²) in [5.74, 6) is -0.196. The highest BCUT2D eigenvalue weighted by Crippen LogP contribution is 2.35. The van der Waals surface area contributed by atoms with Gasteiger partial charge >= 0.3 is 12.1 Å². The number of rotatable bonds is 37. The van der Waals surface area contributed by atoms with Gasteiger partial charge in [-0.15, -0.1) is 11.3 Å². The van der Waals surface area contributed by atoms with Crippen LogP contribution in [0.25, 0.3) is 0 Å². The lowest BCUT2D eigenvalue weighted by Crippen LogP contribution is -2.52. The molecule has 2 aromatic carbocycles. The summed E-state index contributed by atoms with van der Waals surface area (Å²) in [5, 5.41) is 10.8. The maximum absolute atomic E-state index is 14.8. The van der Waals surface area contributed by atoms with Crippen LogP contribution in [-0.2, 0) is 60.9 Å². The Kier molecular flexibility index (Phi) is 30.2. The molecule has 4 rings (SSSR count). The fourth-order valence-corrected chi connectivity index (χ4v) is 13.0. The number of anilines is 1. The Hall–Kier alpha value is -6.62. The lowest BCUT2D eigenvalue weighted by Gasteiger charge is -2.40. The molecule has 2 heterocycles. The number of urea groups is 1. The molecule has 1 aromatic heterocycles. The molecular weight excluding hydrogens is 1130 g/mol. The maximum Gasteiger partial charge on any atom is 0.410 e. The molecule has 482 valence electrons. The molecule has 1 aliphatic rings. The number of hydrogen-bond donors (Lipinski definition) is 5. The van der Waals surface area contributed by atoms with Crippen LogP contribution in [0, 0.1) is 47.3 Å². The molecule has 0 aliphatic carbocycles. The number of nitrogens with zero attached hydrogens (tertiary/aromatic N) is 4. The molecule has 1 saturated heterocycles. The van der Waals surface area contributed by atoms with Gasteiger partial charge in [-0.2, -0.15) is 0 Å². The Morgan fingerprint density at radius 2 is 1.47 bits per heavy atom. The second-order valence-electron chi connectivity index (χ2n) is 24.7. The van der Waals surface area contributed by atoms with Gasteiger partial charge in [0.1, 0.15) is 19.0 Å². The van der Waals surface area contributed by atoms with Gasteiger partial charge in [0.25, 0.3) is 0 Å². The fraction of sp³-hybridized carbons (Fsp3) is 0.631. The summed E-state index contributed by atoms with van der Waals surface area (Å²) in [7, 11) is 4.87. The SMILES string of the molecule is CC[C@H](C)[C@@H]([C@H](C)CC(=O)N1CCC[C@H]1[C@H](OC)[C@@H](C)C(=O)C[C@@H](Cc1ccccc1)c1nccs1)N(C)C(=O)[C@@H](CC(=O)[C@H](C(C)C)N(C)C(=O)OCc1ccc(NC(=O)[C@H](CCCNC(N)=O)CC(=O)[C@@H](NC(=O)CON)C(C)C)cc1)C(C)C. The number of primary amides is 1. The first-order valence-corrected chi connectivity index (χ1v) is 31.7. The van der Waals surface area contributed by atoms with E-state index in [4.69, 9.17) is 21.1 Å². The van der Waals surface area contributed by atoms with Crippen LogP contribution in [0.4, 0.5) is 15.3 Å². The van der Waals surface area contributed by atoms with Crippen molar-refractivity contribution in [3.8, 4) is 0 Å². The summed E-state index contributed by atoms with van der Waals surface area (Å²) in [4.78, 5) is 136. The summed E-state index contributed by atoms with van der Waals surface area (Å²) < 4.78 is 11.8. The van der Waals surface area contributed by atoms with Crippen molar-refractivity contribution in [2.24, 2.45) is 59.0 Å². The zero-order valence-electron chi connectivity index (χ0n) is 53.6. The predicted molar refractivity (Wildman–Crippen MR) is 336 cm³/mol. The first-order valence-electron chi connectivity index (χ1n) is 30.8. The molecule has 87 heavy (non-hydrogen) atoms. The van der Waals surface area contributed by atoms with Gasteiger partial charge < -0.3 is 45.9 Å². The van der Waals surface area contributed by atoms with Crippen LogP contribution in [-0.4, -0.2) is 144 Å². The standard InChI is InChI=1S/C65H99N9O12S/c1-14-42(8)59(43(9)32-56(79)74-30-19-23-51(74)60(84-13)44(10)52(75)35-48(62-68-29-31-87-62)33-45-20-16-15-17-21-45)72(11)63(81)50(39(2)3)36-54(77)58(41(6)7)73(12)65(83)85-37-46-24-26-49(27-25-46)70-61(80)47(22-18-28-69-64(66)82)34-53(76)57(40(4)5)71-55(78)38-86-67/h15-17,20-21,24-27,29,31,39-44,47-48,50-51,57-60H,14,18-19,22-23,28,30,32-38,67H2,1-13H3,(H,70,80)(H,71,78)(H3,66,69,82)/t42-,43+,44-,47+,48+,50-,51-,57-,58-,59-,60+/m0/s1. The van der Waals surface area contributed by atoms with Crippen molar-refractivity contribution >= 4 is 70.1 Å². The molecule has 0 unspecified atom stereocenters. The van der Waals surface area contributed by atoms with Gasteiger partial charge in [-0.3, -0.25) is 38.4 Å². The second kappa shape index (κ2) is 36.0. The molecule has 0 saturated carbocycles. The van der Waals surface area contributed by atoms with Crippen LogP contribution in [0.1, 0.15) is 149 Å². The third kappa shape index (κ3) is 21.9. The quantitative estimate of drug-likeness (QED) is 0.0267. The first-order chi connectivity index (χ1) is 41.2.